The molecule has 0 N–H and O–H groups in total. The van der Waals surface area contributed by atoms with Crippen LogP contribution in [-0.2, 0) is 4.43 Å². The molecule has 2 rings (SSSR count). The maximum absolute atomic E-state index is 6.21. The molecule has 1 aromatic carbocycles. The topological polar surface area (TPSA) is 18.5 Å². The molecule has 3 heteroatoms. The number of hydrogen-bond donors (Lipinski definition) is 0. The molecule has 1 aliphatic rings. The summed E-state index contributed by atoms with van der Waals surface area (Å²) in [6.45, 7) is 10.4. The van der Waals surface area contributed by atoms with E-state index in [-0.39, 0.29) is 6.10 Å². The zero-order valence-electron chi connectivity index (χ0n) is 12.0. The van der Waals surface area contributed by atoms with Crippen LogP contribution >= 0.6 is 0 Å². The molecule has 1 unspecified atom stereocenters. The second-order valence-corrected chi connectivity index (χ2v) is 10.2. The quantitative estimate of drug-likeness (QED) is 0.577. The van der Waals surface area contributed by atoms with Crippen LogP contribution in [0.4, 0.5) is 0 Å². The third-order valence-electron chi connectivity index (χ3n) is 2.84. The van der Waals surface area contributed by atoms with Gasteiger partial charge in [-0.2, -0.15) is 0 Å². The summed E-state index contributed by atoms with van der Waals surface area (Å²) in [6, 6.07) is 8.09. The van der Waals surface area contributed by atoms with Crippen LogP contribution in [0.25, 0.3) is 5.76 Å². The minimum absolute atomic E-state index is 0.0826. The minimum atomic E-state index is -1.62. The van der Waals surface area contributed by atoms with Gasteiger partial charge >= 0.3 is 0 Å². The van der Waals surface area contributed by atoms with E-state index in [0.717, 1.165) is 29.9 Å². The average molecular weight is 274 g/mol. The van der Waals surface area contributed by atoms with Crippen molar-refractivity contribution in [3.05, 3.63) is 48.6 Å². The fraction of sp³-hybridized carbons (Fsp3) is 0.375. The summed E-state index contributed by atoms with van der Waals surface area (Å²) in [5.41, 5.74) is 1.07. The van der Waals surface area contributed by atoms with E-state index in [0.29, 0.717) is 0 Å². The van der Waals surface area contributed by atoms with E-state index in [1.54, 1.807) is 0 Å². The zero-order valence-corrected chi connectivity index (χ0v) is 13.0. The number of rotatable bonds is 5. The Bertz CT molecular complexity index is 486. The van der Waals surface area contributed by atoms with Gasteiger partial charge in [0.25, 0.3) is 0 Å². The van der Waals surface area contributed by atoms with Gasteiger partial charge in [0, 0.05) is 0 Å². The summed E-state index contributed by atoms with van der Waals surface area (Å²) in [6.07, 6.45) is 6.01. The van der Waals surface area contributed by atoms with Gasteiger partial charge in [0.2, 0.25) is 8.32 Å². The number of benzene rings is 1. The molecule has 0 saturated heterocycles. The highest BCUT2D eigenvalue weighted by atomic mass is 28.4. The van der Waals surface area contributed by atoms with E-state index in [1.165, 1.54) is 0 Å². The molecule has 0 fully saturated rings. The van der Waals surface area contributed by atoms with Crippen molar-refractivity contribution in [2.24, 2.45) is 0 Å². The third kappa shape index (κ3) is 3.74. The largest absolute Gasteiger partial charge is 0.544 e. The molecule has 19 heavy (non-hydrogen) atoms. The van der Waals surface area contributed by atoms with Gasteiger partial charge in [0.15, 0.2) is 0 Å². The molecule has 0 saturated carbocycles. The third-order valence-corrected chi connectivity index (χ3v) is 3.67. The van der Waals surface area contributed by atoms with E-state index in [1.807, 2.05) is 24.3 Å². The molecule has 102 valence electrons. The molecular formula is C16H22O2Si. The van der Waals surface area contributed by atoms with Crippen molar-refractivity contribution < 1.29 is 9.16 Å². The predicted molar refractivity (Wildman–Crippen MR) is 82.7 cm³/mol. The van der Waals surface area contributed by atoms with E-state index in [4.69, 9.17) is 9.16 Å². The van der Waals surface area contributed by atoms with Crippen LogP contribution in [0.15, 0.2) is 43.0 Å². The first-order chi connectivity index (χ1) is 8.99. The summed E-state index contributed by atoms with van der Waals surface area (Å²) in [4.78, 5) is 0. The van der Waals surface area contributed by atoms with Gasteiger partial charge in [0.1, 0.15) is 17.6 Å². The highest BCUT2D eigenvalue weighted by Gasteiger charge is 2.25. The number of para-hydroxylation sites is 1. The summed E-state index contributed by atoms with van der Waals surface area (Å²) in [5, 5.41) is 0. The Hall–Kier alpha value is -1.48. The first kappa shape index (κ1) is 13.9. The lowest BCUT2D eigenvalue weighted by atomic mass is 10.1. The number of hydrogen-bond acceptors (Lipinski definition) is 2. The molecule has 0 aliphatic carbocycles. The lowest BCUT2D eigenvalue weighted by molar-refractivity contribution is 0.230. The van der Waals surface area contributed by atoms with Gasteiger partial charge in [0.05, 0.1) is 5.56 Å². The fourth-order valence-electron chi connectivity index (χ4n) is 2.07. The van der Waals surface area contributed by atoms with Crippen molar-refractivity contribution in [2.45, 2.75) is 38.6 Å². The molecule has 0 amide bonds. The standard InChI is InChI=1S/C16H22O2Si/c1-5-6-9-13-12-16(18-19(2,3)4)14-10-7-8-11-15(14)17-13/h5,7-8,10-13H,1,6,9H2,2-4H3. The summed E-state index contributed by atoms with van der Waals surface area (Å²) in [5.74, 6) is 1.90. The van der Waals surface area contributed by atoms with Crippen molar-refractivity contribution in [3.8, 4) is 5.75 Å². The van der Waals surface area contributed by atoms with Crippen LogP contribution in [0.1, 0.15) is 18.4 Å². The van der Waals surface area contributed by atoms with Gasteiger partial charge in [-0.1, -0.05) is 18.2 Å². The Labute approximate surface area is 116 Å². The minimum Gasteiger partial charge on any atom is -0.544 e. The first-order valence-electron chi connectivity index (χ1n) is 6.77. The smallest absolute Gasteiger partial charge is 0.242 e. The Morgan fingerprint density at radius 3 is 2.74 bits per heavy atom. The predicted octanol–water partition coefficient (Wildman–Crippen LogP) is 4.61. The van der Waals surface area contributed by atoms with Crippen molar-refractivity contribution in [3.63, 3.8) is 0 Å². The van der Waals surface area contributed by atoms with Gasteiger partial charge in [-0.05, 0) is 50.7 Å². The van der Waals surface area contributed by atoms with Crippen LogP contribution in [0, 0.1) is 0 Å². The zero-order chi connectivity index (χ0) is 13.9. The fourth-order valence-corrected chi connectivity index (χ4v) is 2.91. The molecule has 1 aliphatic heterocycles. The Balaban J connectivity index is 2.28. The molecule has 2 nitrogen and oxygen atoms in total. The molecular weight excluding hydrogens is 252 g/mol. The van der Waals surface area contributed by atoms with Crippen molar-refractivity contribution in [1.82, 2.24) is 0 Å². The summed E-state index contributed by atoms with van der Waals surface area (Å²) >= 11 is 0. The maximum atomic E-state index is 6.21. The molecule has 0 spiro atoms. The summed E-state index contributed by atoms with van der Waals surface area (Å²) in [7, 11) is -1.62. The van der Waals surface area contributed by atoms with Gasteiger partial charge in [-0.3, -0.25) is 0 Å². The lowest BCUT2D eigenvalue weighted by Crippen LogP contribution is -2.27. The Morgan fingerprint density at radius 1 is 1.32 bits per heavy atom. The normalized spacial score (nSPS) is 18.1. The number of ether oxygens (including phenoxy) is 1. The van der Waals surface area contributed by atoms with Crippen LogP contribution in [0.3, 0.4) is 0 Å². The monoisotopic (exact) mass is 274 g/mol. The molecule has 0 radical (unpaired) electrons. The van der Waals surface area contributed by atoms with Gasteiger partial charge in [-0.15, -0.1) is 6.58 Å². The average Bonchev–Trinajstić information content (AvgIpc) is 2.34. The van der Waals surface area contributed by atoms with E-state index < -0.39 is 8.32 Å². The lowest BCUT2D eigenvalue weighted by Gasteiger charge is -2.29. The van der Waals surface area contributed by atoms with Crippen molar-refractivity contribution in [1.29, 1.82) is 0 Å². The second kappa shape index (κ2) is 5.66. The molecule has 0 aromatic heterocycles. The SMILES string of the molecule is C=CCCC1C=C(O[Si](C)(C)C)c2ccccc2O1. The van der Waals surface area contributed by atoms with E-state index in [2.05, 4.69) is 38.4 Å². The van der Waals surface area contributed by atoms with Gasteiger partial charge < -0.3 is 9.16 Å². The molecule has 0 bridgehead atoms. The van der Waals surface area contributed by atoms with Crippen LogP contribution in [0.5, 0.6) is 5.75 Å². The van der Waals surface area contributed by atoms with Crippen molar-refractivity contribution >= 4 is 14.1 Å². The van der Waals surface area contributed by atoms with E-state index in [9.17, 15) is 0 Å². The van der Waals surface area contributed by atoms with Gasteiger partial charge in [-0.25, -0.2) is 0 Å². The highest BCUT2D eigenvalue weighted by Crippen LogP contribution is 2.35. The van der Waals surface area contributed by atoms with E-state index >= 15 is 0 Å². The highest BCUT2D eigenvalue weighted by molar-refractivity contribution is 6.70. The number of allylic oxidation sites excluding steroid dienone is 1. The van der Waals surface area contributed by atoms with Crippen molar-refractivity contribution in [2.75, 3.05) is 0 Å². The van der Waals surface area contributed by atoms with Crippen LogP contribution in [-0.4, -0.2) is 14.4 Å². The molecule has 1 atom stereocenters. The number of fused-ring (bicyclic) bond motifs is 1. The van der Waals surface area contributed by atoms with Crippen LogP contribution in [0.2, 0.25) is 19.6 Å². The second-order valence-electron chi connectivity index (χ2n) is 5.76. The first-order valence-corrected chi connectivity index (χ1v) is 10.2. The molecule has 1 heterocycles. The Kier molecular flexibility index (Phi) is 4.15. The van der Waals surface area contributed by atoms with Crippen LogP contribution < -0.4 is 4.74 Å². The molecule has 1 aromatic rings. The summed E-state index contributed by atoms with van der Waals surface area (Å²) < 4.78 is 12.2. The Morgan fingerprint density at radius 2 is 2.05 bits per heavy atom. The maximum Gasteiger partial charge on any atom is 0.242 e.